The third-order valence-corrected chi connectivity index (χ3v) is 4.06. The van der Waals surface area contributed by atoms with Gasteiger partial charge in [0.25, 0.3) is 0 Å². The molecule has 4 nitrogen and oxygen atoms in total. The fourth-order valence-electron chi connectivity index (χ4n) is 2.11. The maximum absolute atomic E-state index is 11.1. The molecule has 0 N–H and O–H groups in total. The van der Waals surface area contributed by atoms with E-state index in [4.69, 9.17) is 4.74 Å². The molecule has 1 atom stereocenters. The third-order valence-electron chi connectivity index (χ3n) is 3.27. The molecule has 0 saturated carbocycles. The molecule has 110 valence electrons. The van der Waals surface area contributed by atoms with Crippen LogP contribution in [0.5, 0.6) is 5.75 Å². The summed E-state index contributed by atoms with van der Waals surface area (Å²) in [5.41, 5.74) is 1.92. The average molecular weight is 350 g/mol. The Morgan fingerprint density at radius 2 is 1.90 bits per heavy atom. The summed E-state index contributed by atoms with van der Waals surface area (Å²) < 4.78 is 5.77. The molecule has 0 aliphatic heterocycles. The standard InChI is InChI=1S/C16H16BrNO3/c1-12-6-5-9-15(18(19)20)16(12)21-11-14(10-17)13-7-3-2-4-8-13/h2-9,14H,10-11H2,1H3. The van der Waals surface area contributed by atoms with E-state index in [0.29, 0.717) is 12.4 Å². The van der Waals surface area contributed by atoms with Crippen LogP contribution in [0.3, 0.4) is 0 Å². The Hall–Kier alpha value is -1.88. The minimum atomic E-state index is -0.409. The lowest BCUT2D eigenvalue weighted by molar-refractivity contribution is -0.385. The van der Waals surface area contributed by atoms with E-state index < -0.39 is 4.92 Å². The number of nitrogens with zero attached hydrogens (tertiary/aromatic N) is 1. The summed E-state index contributed by atoms with van der Waals surface area (Å²) in [5.74, 6) is 0.495. The van der Waals surface area contributed by atoms with Gasteiger partial charge in [-0.15, -0.1) is 0 Å². The molecule has 1 unspecified atom stereocenters. The van der Waals surface area contributed by atoms with Gasteiger partial charge >= 0.3 is 5.69 Å². The normalized spacial score (nSPS) is 11.9. The van der Waals surface area contributed by atoms with Crippen molar-refractivity contribution in [3.63, 3.8) is 0 Å². The quantitative estimate of drug-likeness (QED) is 0.439. The van der Waals surface area contributed by atoms with Crippen LogP contribution in [0.4, 0.5) is 5.69 Å². The molecule has 0 aliphatic carbocycles. The zero-order valence-electron chi connectivity index (χ0n) is 11.7. The second-order valence-corrected chi connectivity index (χ2v) is 5.40. The van der Waals surface area contributed by atoms with E-state index >= 15 is 0 Å². The molecule has 0 radical (unpaired) electrons. The number of nitro benzene ring substituents is 1. The Bertz CT molecular complexity index is 616. The van der Waals surface area contributed by atoms with Gasteiger partial charge in [0.1, 0.15) is 0 Å². The molecule has 0 heterocycles. The van der Waals surface area contributed by atoms with Gasteiger partial charge in [-0.05, 0) is 18.1 Å². The largest absolute Gasteiger partial charge is 0.486 e. The fraction of sp³-hybridized carbons (Fsp3) is 0.250. The van der Waals surface area contributed by atoms with E-state index in [-0.39, 0.29) is 11.6 Å². The van der Waals surface area contributed by atoms with Crippen LogP contribution in [0.25, 0.3) is 0 Å². The summed E-state index contributed by atoms with van der Waals surface area (Å²) in [5, 5.41) is 11.8. The Morgan fingerprint density at radius 3 is 2.52 bits per heavy atom. The monoisotopic (exact) mass is 349 g/mol. The van der Waals surface area contributed by atoms with E-state index in [2.05, 4.69) is 15.9 Å². The van der Waals surface area contributed by atoms with Crippen LogP contribution in [0.1, 0.15) is 17.0 Å². The first-order valence-electron chi connectivity index (χ1n) is 6.61. The van der Waals surface area contributed by atoms with Crippen molar-refractivity contribution >= 4 is 21.6 Å². The Kier molecular flexibility index (Phi) is 5.33. The third kappa shape index (κ3) is 3.82. The number of halogens is 1. The Labute approximate surface area is 132 Å². The first kappa shape index (κ1) is 15.5. The van der Waals surface area contributed by atoms with Crippen molar-refractivity contribution < 1.29 is 9.66 Å². The minimum Gasteiger partial charge on any atom is -0.486 e. The van der Waals surface area contributed by atoms with Gasteiger partial charge in [-0.2, -0.15) is 0 Å². The van der Waals surface area contributed by atoms with Gasteiger partial charge in [0.15, 0.2) is 5.75 Å². The van der Waals surface area contributed by atoms with Crippen molar-refractivity contribution in [1.82, 2.24) is 0 Å². The van der Waals surface area contributed by atoms with Gasteiger partial charge in [0, 0.05) is 17.3 Å². The number of hydrogen-bond acceptors (Lipinski definition) is 3. The highest BCUT2D eigenvalue weighted by Gasteiger charge is 2.19. The first-order chi connectivity index (χ1) is 10.1. The van der Waals surface area contributed by atoms with Crippen LogP contribution in [0.15, 0.2) is 48.5 Å². The minimum absolute atomic E-state index is 0.0105. The van der Waals surface area contributed by atoms with Crippen molar-refractivity contribution in [2.24, 2.45) is 0 Å². The second kappa shape index (κ2) is 7.22. The lowest BCUT2D eigenvalue weighted by Gasteiger charge is -2.16. The van der Waals surface area contributed by atoms with Crippen molar-refractivity contribution in [3.8, 4) is 5.75 Å². The van der Waals surface area contributed by atoms with Crippen LogP contribution < -0.4 is 4.74 Å². The molecular formula is C16H16BrNO3. The highest BCUT2D eigenvalue weighted by Crippen LogP contribution is 2.31. The average Bonchev–Trinajstić information content (AvgIpc) is 2.50. The Morgan fingerprint density at radius 1 is 1.19 bits per heavy atom. The van der Waals surface area contributed by atoms with Crippen molar-refractivity contribution in [2.75, 3.05) is 11.9 Å². The van der Waals surface area contributed by atoms with Gasteiger partial charge in [0.2, 0.25) is 0 Å². The van der Waals surface area contributed by atoms with E-state index in [1.165, 1.54) is 6.07 Å². The maximum atomic E-state index is 11.1. The number of alkyl halides is 1. The highest BCUT2D eigenvalue weighted by molar-refractivity contribution is 9.09. The van der Waals surface area contributed by atoms with E-state index in [1.54, 1.807) is 6.07 Å². The van der Waals surface area contributed by atoms with E-state index in [9.17, 15) is 10.1 Å². The van der Waals surface area contributed by atoms with Gasteiger partial charge in [-0.1, -0.05) is 58.4 Å². The fourth-order valence-corrected chi connectivity index (χ4v) is 2.67. The lowest BCUT2D eigenvalue weighted by atomic mass is 10.0. The highest BCUT2D eigenvalue weighted by atomic mass is 79.9. The van der Waals surface area contributed by atoms with Gasteiger partial charge in [-0.25, -0.2) is 0 Å². The number of benzene rings is 2. The molecule has 5 heteroatoms. The molecule has 2 rings (SSSR count). The van der Waals surface area contributed by atoms with Crippen molar-refractivity contribution in [1.29, 1.82) is 0 Å². The summed E-state index contributed by atoms with van der Waals surface area (Å²) in [6.45, 7) is 2.20. The van der Waals surface area contributed by atoms with Crippen LogP contribution in [0, 0.1) is 17.0 Å². The molecular weight excluding hydrogens is 334 g/mol. The number of ether oxygens (including phenoxy) is 1. The topological polar surface area (TPSA) is 52.4 Å². The molecule has 0 aromatic heterocycles. The van der Waals surface area contributed by atoms with Gasteiger partial charge in [-0.3, -0.25) is 10.1 Å². The molecule has 2 aromatic carbocycles. The predicted molar refractivity (Wildman–Crippen MR) is 86.3 cm³/mol. The number of rotatable bonds is 6. The SMILES string of the molecule is Cc1cccc([N+](=O)[O-])c1OCC(CBr)c1ccccc1. The summed E-state index contributed by atoms with van der Waals surface area (Å²) in [6, 6.07) is 14.9. The molecule has 0 fully saturated rings. The summed E-state index contributed by atoms with van der Waals surface area (Å²) in [4.78, 5) is 10.7. The predicted octanol–water partition coefficient (Wildman–Crippen LogP) is 4.46. The number of hydrogen-bond donors (Lipinski definition) is 0. The van der Waals surface area contributed by atoms with Crippen LogP contribution in [0.2, 0.25) is 0 Å². The first-order valence-corrected chi connectivity index (χ1v) is 7.73. The lowest BCUT2D eigenvalue weighted by Crippen LogP contribution is -2.13. The van der Waals surface area contributed by atoms with Crippen LogP contribution in [-0.4, -0.2) is 16.9 Å². The summed E-state index contributed by atoms with van der Waals surface area (Å²) in [6.07, 6.45) is 0. The molecule has 0 amide bonds. The number of aryl methyl sites for hydroxylation is 1. The van der Waals surface area contributed by atoms with Crippen LogP contribution in [-0.2, 0) is 0 Å². The number of nitro groups is 1. The molecule has 2 aromatic rings. The summed E-state index contributed by atoms with van der Waals surface area (Å²) in [7, 11) is 0. The molecule has 0 saturated heterocycles. The molecule has 0 aliphatic rings. The van der Waals surface area contributed by atoms with E-state index in [1.807, 2.05) is 43.3 Å². The maximum Gasteiger partial charge on any atom is 0.311 e. The van der Waals surface area contributed by atoms with E-state index in [0.717, 1.165) is 16.5 Å². The molecule has 0 bridgehead atoms. The zero-order chi connectivity index (χ0) is 15.2. The summed E-state index contributed by atoms with van der Waals surface area (Å²) >= 11 is 3.48. The zero-order valence-corrected chi connectivity index (χ0v) is 13.2. The Balaban J connectivity index is 2.17. The van der Waals surface area contributed by atoms with Gasteiger partial charge in [0.05, 0.1) is 11.5 Å². The van der Waals surface area contributed by atoms with Crippen LogP contribution >= 0.6 is 15.9 Å². The second-order valence-electron chi connectivity index (χ2n) is 4.75. The molecule has 0 spiro atoms. The van der Waals surface area contributed by atoms with Gasteiger partial charge < -0.3 is 4.74 Å². The van der Waals surface area contributed by atoms with Crippen molar-refractivity contribution in [3.05, 3.63) is 69.8 Å². The van der Waals surface area contributed by atoms with Crippen molar-refractivity contribution in [2.45, 2.75) is 12.8 Å². The smallest absolute Gasteiger partial charge is 0.311 e. The molecule has 21 heavy (non-hydrogen) atoms. The number of para-hydroxylation sites is 1.